The molecule has 0 saturated heterocycles. The van der Waals surface area contributed by atoms with Gasteiger partial charge in [0.05, 0.1) is 30.6 Å². The van der Waals surface area contributed by atoms with Gasteiger partial charge in [0.1, 0.15) is 5.57 Å². The van der Waals surface area contributed by atoms with Crippen molar-refractivity contribution in [3.8, 4) is 5.88 Å². The fraction of sp³-hybridized carbons (Fsp3) is 0.190. The molecule has 0 atom stereocenters. The zero-order valence-electron chi connectivity index (χ0n) is 21.3. The first-order valence-electron chi connectivity index (χ1n) is 9.60. The third-order valence-corrected chi connectivity index (χ3v) is 5.02. The maximum atomic E-state index is 12.7. The molecule has 184 valence electrons. The standard InChI is InChI=1S/C21H20N4O10.3K/c1-8-10(18(32)24(6-12(26)27)20(34)14(8)16(22)30)4-3-5-11-9(2)15(17(23)31)21(35)25(19(11)33)7-13(28)29;;;/h3-5,34H,6-7H2,1-2H3,(H2,22,30)(H2,23,31)(H,26,27)(H,28,29);;;/q;3*+1/p-3. The van der Waals surface area contributed by atoms with Crippen molar-refractivity contribution in [3.05, 3.63) is 55.9 Å². The third kappa shape index (κ3) is 8.95. The molecular weight excluding hydrogens is 586 g/mol. The summed E-state index contributed by atoms with van der Waals surface area (Å²) in [4.78, 5) is 83.3. The number of primary amides is 2. The number of allylic oxidation sites excluding steroid dienone is 2. The summed E-state index contributed by atoms with van der Waals surface area (Å²) in [5, 5.41) is 34.3. The monoisotopic (exact) mass is 602 g/mol. The summed E-state index contributed by atoms with van der Waals surface area (Å²) in [6.45, 7) is 0.0917. The average molecular weight is 603 g/mol. The van der Waals surface area contributed by atoms with E-state index in [-0.39, 0.29) is 186 Å². The van der Waals surface area contributed by atoms with Crippen LogP contribution in [0.25, 0.3) is 6.08 Å². The van der Waals surface area contributed by atoms with E-state index in [9.17, 15) is 48.9 Å². The van der Waals surface area contributed by atoms with Gasteiger partial charge in [-0.25, -0.2) is 0 Å². The number of imide groups is 1. The second-order valence-corrected chi connectivity index (χ2v) is 7.22. The average Bonchev–Trinajstić information content (AvgIpc) is 2.72. The van der Waals surface area contributed by atoms with Crippen LogP contribution in [-0.2, 0) is 30.5 Å². The first-order chi connectivity index (χ1) is 16.2. The Bertz CT molecular complexity index is 1360. The first-order valence-corrected chi connectivity index (χ1v) is 9.60. The van der Waals surface area contributed by atoms with Crippen molar-refractivity contribution in [2.75, 3.05) is 6.54 Å². The number of carbonyl (C=O) groups excluding carboxylic acids is 6. The minimum atomic E-state index is -1.79. The van der Waals surface area contributed by atoms with Gasteiger partial charge in [-0.2, -0.15) is 0 Å². The van der Waals surface area contributed by atoms with E-state index in [0.29, 0.717) is 0 Å². The predicted molar refractivity (Wildman–Crippen MR) is 109 cm³/mol. The van der Waals surface area contributed by atoms with E-state index in [4.69, 9.17) is 11.5 Å². The largest absolute Gasteiger partial charge is 1.00 e. The molecule has 0 spiro atoms. The number of carboxylic acid groups (broad SMARTS) is 2. The molecule has 2 rings (SSSR count). The van der Waals surface area contributed by atoms with Crippen LogP contribution in [0.15, 0.2) is 33.7 Å². The summed E-state index contributed by atoms with van der Waals surface area (Å²) in [6, 6.07) is 0. The molecule has 0 unspecified atom stereocenters. The molecule has 14 nitrogen and oxygen atoms in total. The van der Waals surface area contributed by atoms with Crippen LogP contribution in [0.3, 0.4) is 0 Å². The van der Waals surface area contributed by atoms with Gasteiger partial charge in [0.25, 0.3) is 23.3 Å². The number of nitrogens with two attached hydrogens (primary N) is 2. The number of carbonyl (C=O) groups is 6. The fourth-order valence-corrected chi connectivity index (χ4v) is 3.42. The van der Waals surface area contributed by atoms with Crippen LogP contribution in [0.1, 0.15) is 28.4 Å². The van der Waals surface area contributed by atoms with Crippen molar-refractivity contribution in [1.82, 2.24) is 9.47 Å². The van der Waals surface area contributed by atoms with Crippen molar-refractivity contribution in [2.45, 2.75) is 20.4 Å². The van der Waals surface area contributed by atoms with Gasteiger partial charge in [-0.05, 0) is 43.0 Å². The second kappa shape index (κ2) is 17.0. The number of amides is 4. The Kier molecular flexibility index (Phi) is 17.9. The van der Waals surface area contributed by atoms with Gasteiger partial charge in [0.2, 0.25) is 5.91 Å². The molecule has 1 aliphatic heterocycles. The van der Waals surface area contributed by atoms with Gasteiger partial charge >= 0.3 is 154 Å². The van der Waals surface area contributed by atoms with Crippen LogP contribution in [0.5, 0.6) is 5.88 Å². The zero-order chi connectivity index (χ0) is 26.8. The number of aromatic nitrogens is 1. The van der Waals surface area contributed by atoms with E-state index in [0.717, 1.165) is 18.2 Å². The van der Waals surface area contributed by atoms with E-state index < -0.39 is 71.2 Å². The fourth-order valence-electron chi connectivity index (χ4n) is 3.42. The van der Waals surface area contributed by atoms with Crippen molar-refractivity contribution >= 4 is 41.6 Å². The summed E-state index contributed by atoms with van der Waals surface area (Å²) in [5.74, 6) is -9.60. The van der Waals surface area contributed by atoms with Crippen LogP contribution in [0.4, 0.5) is 0 Å². The van der Waals surface area contributed by atoms with Gasteiger partial charge in [-0.3, -0.25) is 28.9 Å². The number of carboxylic acids is 2. The van der Waals surface area contributed by atoms with E-state index in [1.54, 1.807) is 0 Å². The SMILES string of the molecule is CC1=C(C(N)=O)C(=O)N(CC(=O)[O-])C(=O)C1=CC=Cc1c(C)c(C(N)=O)c([O-])n(CC(=O)[O-])c1=O.[K+].[K+].[K+]. The van der Waals surface area contributed by atoms with E-state index in [1.807, 2.05) is 0 Å². The van der Waals surface area contributed by atoms with Crippen LogP contribution in [-0.4, -0.2) is 51.6 Å². The molecule has 4 N–H and O–H groups in total. The molecule has 0 fully saturated rings. The molecule has 0 radical (unpaired) electrons. The number of hydrogen-bond acceptors (Lipinski definition) is 10. The summed E-state index contributed by atoms with van der Waals surface area (Å²) in [7, 11) is 0. The quantitative estimate of drug-likeness (QED) is 0.123. The molecule has 2 heterocycles. The maximum absolute atomic E-state index is 12.7. The Morgan fingerprint density at radius 1 is 0.868 bits per heavy atom. The zero-order valence-corrected chi connectivity index (χ0v) is 30.6. The van der Waals surface area contributed by atoms with Crippen molar-refractivity contribution in [3.63, 3.8) is 0 Å². The van der Waals surface area contributed by atoms with Crippen molar-refractivity contribution < 1.29 is 198 Å². The van der Waals surface area contributed by atoms with Crippen molar-refractivity contribution in [2.24, 2.45) is 11.5 Å². The normalized spacial score (nSPS) is 14.1. The van der Waals surface area contributed by atoms with Gasteiger partial charge in [-0.1, -0.05) is 6.08 Å². The number of rotatable bonds is 8. The van der Waals surface area contributed by atoms with Gasteiger partial charge in [0.15, 0.2) is 0 Å². The summed E-state index contributed by atoms with van der Waals surface area (Å²) < 4.78 is 0.234. The van der Waals surface area contributed by atoms with E-state index in [1.165, 1.54) is 13.8 Å². The molecule has 0 aliphatic carbocycles. The van der Waals surface area contributed by atoms with Gasteiger partial charge in [-0.15, -0.1) is 0 Å². The molecule has 1 aliphatic rings. The van der Waals surface area contributed by atoms with Crippen LogP contribution >= 0.6 is 0 Å². The summed E-state index contributed by atoms with van der Waals surface area (Å²) in [6.07, 6.45) is 3.10. The molecule has 0 bridgehead atoms. The number of pyridine rings is 1. The van der Waals surface area contributed by atoms with Gasteiger partial charge < -0.3 is 40.9 Å². The Balaban J connectivity index is 0. The minimum Gasteiger partial charge on any atom is -0.859 e. The van der Waals surface area contributed by atoms with Crippen LogP contribution in [0, 0.1) is 6.92 Å². The molecule has 4 amide bonds. The number of nitrogens with zero attached hydrogens (tertiary/aromatic N) is 2. The molecule has 1 aromatic heterocycles. The van der Waals surface area contributed by atoms with Crippen LogP contribution in [0.2, 0.25) is 0 Å². The number of hydrogen-bond donors (Lipinski definition) is 2. The molecule has 38 heavy (non-hydrogen) atoms. The number of aliphatic carboxylic acids is 2. The molecule has 1 aromatic rings. The predicted octanol–water partition coefficient (Wildman–Crippen LogP) is -14.0. The summed E-state index contributed by atoms with van der Waals surface area (Å²) in [5.41, 5.74) is 6.96. The van der Waals surface area contributed by atoms with Gasteiger partial charge in [0, 0.05) is 11.1 Å². The maximum Gasteiger partial charge on any atom is 1.00 e. The minimum absolute atomic E-state index is 0. The first kappa shape index (κ1) is 40.0. The Labute approximate surface area is 342 Å². The Hall–Kier alpha value is -0.101. The molecular formula is C21H17K3N4O10. The van der Waals surface area contributed by atoms with E-state index in [2.05, 4.69) is 0 Å². The Morgan fingerprint density at radius 2 is 1.39 bits per heavy atom. The molecule has 0 saturated carbocycles. The second-order valence-electron chi connectivity index (χ2n) is 7.22. The van der Waals surface area contributed by atoms with E-state index >= 15 is 0 Å². The topological polar surface area (TPSA) is 249 Å². The summed E-state index contributed by atoms with van der Waals surface area (Å²) >= 11 is 0. The smallest absolute Gasteiger partial charge is 0.859 e. The Morgan fingerprint density at radius 3 is 1.84 bits per heavy atom. The van der Waals surface area contributed by atoms with Crippen LogP contribution < -0.4 is 186 Å². The third-order valence-electron chi connectivity index (χ3n) is 5.02. The molecule has 0 aromatic carbocycles. The molecule has 17 heteroatoms. The van der Waals surface area contributed by atoms with Crippen molar-refractivity contribution in [1.29, 1.82) is 0 Å².